The first-order valence-electron chi connectivity index (χ1n) is 4.37. The van der Waals surface area contributed by atoms with Crippen LogP contribution in [0.25, 0.3) is 0 Å². The predicted molar refractivity (Wildman–Crippen MR) is 50.0 cm³/mol. The molecular weight excluding hydrogens is 166 g/mol. The van der Waals surface area contributed by atoms with Gasteiger partial charge in [0, 0.05) is 26.7 Å². The number of nitrogens with zero attached hydrogens (tertiary/aromatic N) is 3. The number of carbonyl (C=O) groups is 1. The zero-order valence-corrected chi connectivity index (χ0v) is 8.32. The molecule has 13 heavy (non-hydrogen) atoms. The maximum atomic E-state index is 11.0. The van der Waals surface area contributed by atoms with Gasteiger partial charge in [0.05, 0.1) is 12.2 Å². The van der Waals surface area contributed by atoms with Gasteiger partial charge in [-0.1, -0.05) is 0 Å². The van der Waals surface area contributed by atoms with E-state index in [9.17, 15) is 4.79 Å². The number of hydrogen-bond acceptors (Lipinski definition) is 2. The van der Waals surface area contributed by atoms with Gasteiger partial charge in [-0.25, -0.2) is 0 Å². The maximum absolute atomic E-state index is 11.0. The first-order chi connectivity index (χ1) is 6.15. The molecule has 1 amide bonds. The molecule has 1 aromatic rings. The van der Waals surface area contributed by atoms with Crippen LogP contribution in [0.15, 0.2) is 12.3 Å². The summed E-state index contributed by atoms with van der Waals surface area (Å²) in [6.45, 7) is 5.06. The van der Waals surface area contributed by atoms with Gasteiger partial charge >= 0.3 is 0 Å². The Hall–Kier alpha value is -1.32. The molecule has 4 nitrogen and oxygen atoms in total. The quantitative estimate of drug-likeness (QED) is 0.694. The molecule has 1 aromatic heterocycles. The minimum absolute atomic E-state index is 0.0730. The van der Waals surface area contributed by atoms with Crippen LogP contribution in [0.1, 0.15) is 19.5 Å². The molecule has 4 heteroatoms. The summed E-state index contributed by atoms with van der Waals surface area (Å²) in [7, 11) is 1.79. The van der Waals surface area contributed by atoms with Crippen molar-refractivity contribution in [3.63, 3.8) is 0 Å². The van der Waals surface area contributed by atoms with E-state index in [1.54, 1.807) is 25.1 Å². The fourth-order valence-corrected chi connectivity index (χ4v) is 1.13. The topological polar surface area (TPSA) is 38.1 Å². The van der Waals surface area contributed by atoms with Gasteiger partial charge in [-0.3, -0.25) is 9.48 Å². The van der Waals surface area contributed by atoms with Crippen LogP contribution in [0.2, 0.25) is 0 Å². The van der Waals surface area contributed by atoms with E-state index in [-0.39, 0.29) is 5.91 Å². The molecule has 0 aliphatic rings. The van der Waals surface area contributed by atoms with Gasteiger partial charge in [-0.15, -0.1) is 0 Å². The molecule has 0 aliphatic carbocycles. The summed E-state index contributed by atoms with van der Waals surface area (Å²) >= 11 is 0. The summed E-state index contributed by atoms with van der Waals surface area (Å²) in [5, 5.41) is 4.13. The van der Waals surface area contributed by atoms with Crippen LogP contribution in [0.3, 0.4) is 0 Å². The fourth-order valence-electron chi connectivity index (χ4n) is 1.13. The first-order valence-corrected chi connectivity index (χ1v) is 4.37. The van der Waals surface area contributed by atoms with Crippen molar-refractivity contribution in [2.75, 3.05) is 7.05 Å². The van der Waals surface area contributed by atoms with Crippen molar-refractivity contribution in [1.82, 2.24) is 14.7 Å². The first kappa shape index (κ1) is 9.77. The molecular formula is C9H15N3O. The summed E-state index contributed by atoms with van der Waals surface area (Å²) in [5.74, 6) is 0.0730. The lowest BCUT2D eigenvalue weighted by molar-refractivity contribution is -0.128. The molecule has 0 fully saturated rings. The molecule has 0 aliphatic heterocycles. The van der Waals surface area contributed by atoms with Crippen LogP contribution < -0.4 is 0 Å². The number of carbonyl (C=O) groups excluding carboxylic acids is 1. The normalized spacial score (nSPS) is 10.1. The molecule has 0 aromatic carbocycles. The SMILES string of the molecule is CCn1nccc1CN(C)C(C)=O. The Morgan fingerprint density at radius 1 is 1.69 bits per heavy atom. The second-order valence-corrected chi connectivity index (χ2v) is 3.01. The van der Waals surface area contributed by atoms with E-state index in [1.165, 1.54) is 0 Å². The predicted octanol–water partition coefficient (Wildman–Crippen LogP) is 0.881. The summed E-state index contributed by atoms with van der Waals surface area (Å²) in [5.41, 5.74) is 1.07. The third-order valence-electron chi connectivity index (χ3n) is 2.04. The average Bonchev–Trinajstić information content (AvgIpc) is 2.51. The number of aromatic nitrogens is 2. The highest BCUT2D eigenvalue weighted by Crippen LogP contribution is 2.02. The Morgan fingerprint density at radius 2 is 2.38 bits per heavy atom. The lowest BCUT2D eigenvalue weighted by atomic mass is 10.4. The minimum Gasteiger partial charge on any atom is -0.340 e. The molecule has 0 spiro atoms. The average molecular weight is 181 g/mol. The van der Waals surface area contributed by atoms with Gasteiger partial charge in [0.1, 0.15) is 0 Å². The number of rotatable bonds is 3. The zero-order chi connectivity index (χ0) is 9.84. The van der Waals surface area contributed by atoms with E-state index in [1.807, 2.05) is 17.7 Å². The Kier molecular flexibility index (Phi) is 3.06. The zero-order valence-electron chi connectivity index (χ0n) is 8.32. The van der Waals surface area contributed by atoms with Gasteiger partial charge in [0.25, 0.3) is 0 Å². The third-order valence-corrected chi connectivity index (χ3v) is 2.04. The van der Waals surface area contributed by atoms with Crippen molar-refractivity contribution in [1.29, 1.82) is 0 Å². The van der Waals surface area contributed by atoms with Crippen molar-refractivity contribution in [3.8, 4) is 0 Å². The van der Waals surface area contributed by atoms with Crippen LogP contribution in [0.4, 0.5) is 0 Å². The second kappa shape index (κ2) is 4.07. The Morgan fingerprint density at radius 3 is 2.92 bits per heavy atom. The fraction of sp³-hybridized carbons (Fsp3) is 0.556. The molecule has 0 radical (unpaired) electrons. The van der Waals surface area contributed by atoms with E-state index < -0.39 is 0 Å². The lowest BCUT2D eigenvalue weighted by Gasteiger charge is -2.15. The van der Waals surface area contributed by atoms with Crippen molar-refractivity contribution in [2.45, 2.75) is 26.9 Å². The van der Waals surface area contributed by atoms with Crippen LogP contribution in [0.5, 0.6) is 0 Å². The summed E-state index contributed by atoms with van der Waals surface area (Å²) in [6, 6.07) is 1.93. The van der Waals surface area contributed by atoms with Crippen molar-refractivity contribution >= 4 is 5.91 Å². The van der Waals surface area contributed by atoms with Crippen molar-refractivity contribution in [3.05, 3.63) is 18.0 Å². The van der Waals surface area contributed by atoms with Crippen LogP contribution >= 0.6 is 0 Å². The standard InChI is InChI=1S/C9H15N3O/c1-4-12-9(5-6-10-12)7-11(3)8(2)13/h5-6H,4,7H2,1-3H3. The highest BCUT2D eigenvalue weighted by molar-refractivity contribution is 5.72. The molecule has 0 saturated heterocycles. The number of amides is 1. The molecule has 72 valence electrons. The summed E-state index contributed by atoms with van der Waals surface area (Å²) in [4.78, 5) is 12.6. The third kappa shape index (κ3) is 2.31. The van der Waals surface area contributed by atoms with Gasteiger partial charge in [-0.2, -0.15) is 5.10 Å². The van der Waals surface area contributed by atoms with Gasteiger partial charge < -0.3 is 4.90 Å². The second-order valence-electron chi connectivity index (χ2n) is 3.01. The van der Waals surface area contributed by atoms with E-state index >= 15 is 0 Å². The Labute approximate surface area is 78.1 Å². The van der Waals surface area contributed by atoms with E-state index in [2.05, 4.69) is 5.10 Å². The Balaban J connectivity index is 2.68. The molecule has 0 unspecified atom stereocenters. The van der Waals surface area contributed by atoms with Crippen LogP contribution in [0, 0.1) is 0 Å². The van der Waals surface area contributed by atoms with Gasteiger partial charge in [0.2, 0.25) is 5.91 Å². The molecule has 0 bridgehead atoms. The van der Waals surface area contributed by atoms with Crippen molar-refractivity contribution < 1.29 is 4.79 Å². The molecule has 0 N–H and O–H groups in total. The molecule has 1 heterocycles. The number of hydrogen-bond donors (Lipinski definition) is 0. The summed E-state index contributed by atoms with van der Waals surface area (Å²) < 4.78 is 1.89. The monoisotopic (exact) mass is 181 g/mol. The minimum atomic E-state index is 0.0730. The molecule has 0 atom stereocenters. The molecule has 0 saturated carbocycles. The lowest BCUT2D eigenvalue weighted by Crippen LogP contribution is -2.24. The van der Waals surface area contributed by atoms with Crippen LogP contribution in [-0.4, -0.2) is 27.6 Å². The highest BCUT2D eigenvalue weighted by atomic mass is 16.2. The smallest absolute Gasteiger partial charge is 0.219 e. The van der Waals surface area contributed by atoms with E-state index in [0.29, 0.717) is 6.54 Å². The Bertz CT molecular complexity index is 293. The van der Waals surface area contributed by atoms with Crippen molar-refractivity contribution in [2.24, 2.45) is 0 Å². The van der Waals surface area contributed by atoms with E-state index in [0.717, 1.165) is 12.2 Å². The maximum Gasteiger partial charge on any atom is 0.219 e. The van der Waals surface area contributed by atoms with Gasteiger partial charge in [0.15, 0.2) is 0 Å². The largest absolute Gasteiger partial charge is 0.340 e. The van der Waals surface area contributed by atoms with Crippen LogP contribution in [-0.2, 0) is 17.9 Å². The molecule has 1 rings (SSSR count). The van der Waals surface area contributed by atoms with Gasteiger partial charge in [-0.05, 0) is 13.0 Å². The number of aryl methyl sites for hydroxylation is 1. The van der Waals surface area contributed by atoms with E-state index in [4.69, 9.17) is 0 Å². The highest BCUT2D eigenvalue weighted by Gasteiger charge is 2.06. The summed E-state index contributed by atoms with van der Waals surface area (Å²) in [6.07, 6.45) is 1.76.